The van der Waals surface area contributed by atoms with Gasteiger partial charge in [-0.2, -0.15) is 0 Å². The first kappa shape index (κ1) is 24.3. The number of amides is 1. The van der Waals surface area contributed by atoms with E-state index in [-0.39, 0.29) is 24.1 Å². The molecule has 1 fully saturated rings. The Hall–Kier alpha value is -2.81. The summed E-state index contributed by atoms with van der Waals surface area (Å²) in [5.41, 5.74) is 3.42. The number of halogens is 1. The highest BCUT2D eigenvalue weighted by Crippen LogP contribution is 2.19. The number of hydrogen-bond donors (Lipinski definition) is 1. The van der Waals surface area contributed by atoms with Crippen LogP contribution in [-0.4, -0.2) is 65.3 Å². The van der Waals surface area contributed by atoms with Gasteiger partial charge in [-0.1, -0.05) is 12.1 Å². The van der Waals surface area contributed by atoms with E-state index in [0.29, 0.717) is 25.3 Å². The third-order valence-corrected chi connectivity index (χ3v) is 7.28. The molecule has 34 heavy (non-hydrogen) atoms. The van der Waals surface area contributed by atoms with Crippen molar-refractivity contribution in [3.05, 3.63) is 75.5 Å². The maximum Gasteiger partial charge on any atom is 0.238 e. The number of thiophene rings is 1. The maximum absolute atomic E-state index is 13.3. The number of anilines is 1. The number of carbonyl (C=O) groups excluding carboxylic acids is 2. The molecule has 0 radical (unpaired) electrons. The molecule has 3 aromatic rings. The van der Waals surface area contributed by atoms with Gasteiger partial charge >= 0.3 is 0 Å². The molecular formula is C26H31FN4O2S. The summed E-state index contributed by atoms with van der Waals surface area (Å²) in [6.45, 7) is 8.50. The Morgan fingerprint density at radius 3 is 2.41 bits per heavy atom. The van der Waals surface area contributed by atoms with Crippen LogP contribution in [0.25, 0.3) is 0 Å². The second-order valence-electron chi connectivity index (χ2n) is 8.80. The van der Waals surface area contributed by atoms with Gasteiger partial charge in [-0.3, -0.25) is 19.4 Å². The van der Waals surface area contributed by atoms with E-state index < -0.39 is 0 Å². The van der Waals surface area contributed by atoms with Crippen molar-refractivity contribution in [3.63, 3.8) is 0 Å². The van der Waals surface area contributed by atoms with Crippen molar-refractivity contribution in [3.8, 4) is 0 Å². The van der Waals surface area contributed by atoms with E-state index in [2.05, 4.69) is 44.1 Å². The van der Waals surface area contributed by atoms with Gasteiger partial charge in [0.1, 0.15) is 5.82 Å². The number of nitrogens with one attached hydrogen (secondary N) is 1. The van der Waals surface area contributed by atoms with Gasteiger partial charge in [-0.15, -0.1) is 11.3 Å². The van der Waals surface area contributed by atoms with Crippen LogP contribution in [0.1, 0.15) is 26.6 Å². The van der Waals surface area contributed by atoms with Crippen molar-refractivity contribution in [2.75, 3.05) is 44.6 Å². The Labute approximate surface area is 204 Å². The molecule has 8 heteroatoms. The van der Waals surface area contributed by atoms with Gasteiger partial charge in [0.05, 0.1) is 13.1 Å². The summed E-state index contributed by atoms with van der Waals surface area (Å²) in [6.07, 6.45) is 0.969. The minimum absolute atomic E-state index is 0.146. The summed E-state index contributed by atoms with van der Waals surface area (Å²) in [7, 11) is 0. The summed E-state index contributed by atoms with van der Waals surface area (Å²) in [5.74, 6) is -0.391. The van der Waals surface area contributed by atoms with Gasteiger partial charge < -0.3 is 9.88 Å². The van der Waals surface area contributed by atoms with Crippen LogP contribution in [-0.2, 0) is 17.8 Å². The zero-order valence-corrected chi connectivity index (χ0v) is 20.5. The molecule has 1 aromatic carbocycles. The Kier molecular flexibility index (Phi) is 7.92. The van der Waals surface area contributed by atoms with Crippen molar-refractivity contribution in [1.82, 2.24) is 14.4 Å². The fourth-order valence-corrected chi connectivity index (χ4v) is 5.17. The lowest BCUT2D eigenvalue weighted by Crippen LogP contribution is -2.49. The van der Waals surface area contributed by atoms with Crippen molar-refractivity contribution in [2.45, 2.75) is 26.8 Å². The topological polar surface area (TPSA) is 57.6 Å². The highest BCUT2D eigenvalue weighted by molar-refractivity contribution is 7.09. The number of Topliss-reactive ketones (excluding diaryl/α,β-unsaturated/α-hetero) is 1. The van der Waals surface area contributed by atoms with E-state index in [1.165, 1.54) is 17.0 Å². The molecule has 1 amide bonds. The lowest BCUT2D eigenvalue weighted by Gasteiger charge is -2.33. The van der Waals surface area contributed by atoms with E-state index in [1.807, 2.05) is 13.0 Å². The molecule has 0 unspecified atom stereocenters. The van der Waals surface area contributed by atoms with Crippen molar-refractivity contribution < 1.29 is 14.0 Å². The first-order valence-electron chi connectivity index (χ1n) is 11.6. The van der Waals surface area contributed by atoms with E-state index >= 15 is 0 Å². The molecule has 4 rings (SSSR count). The largest absolute Gasteiger partial charge is 0.348 e. The number of aryl methyl sites for hydroxylation is 2. The Morgan fingerprint density at radius 2 is 1.74 bits per heavy atom. The lowest BCUT2D eigenvalue weighted by atomic mass is 10.1. The monoisotopic (exact) mass is 482 g/mol. The van der Waals surface area contributed by atoms with Crippen LogP contribution in [0, 0.1) is 19.7 Å². The van der Waals surface area contributed by atoms with Crippen molar-refractivity contribution in [1.29, 1.82) is 0 Å². The molecule has 3 heterocycles. The number of rotatable bonds is 9. The summed E-state index contributed by atoms with van der Waals surface area (Å²) < 4.78 is 15.5. The fraction of sp³-hybridized carbons (Fsp3) is 0.385. The van der Waals surface area contributed by atoms with Gasteiger partial charge in [0.25, 0.3) is 0 Å². The van der Waals surface area contributed by atoms with E-state index in [1.54, 1.807) is 23.5 Å². The van der Waals surface area contributed by atoms with Crippen LogP contribution in [0.2, 0.25) is 0 Å². The van der Waals surface area contributed by atoms with Crippen LogP contribution in [0.4, 0.5) is 10.1 Å². The minimum Gasteiger partial charge on any atom is -0.348 e. The fourth-order valence-electron chi connectivity index (χ4n) is 4.47. The first-order valence-corrected chi connectivity index (χ1v) is 12.5. The van der Waals surface area contributed by atoms with Gasteiger partial charge in [0.2, 0.25) is 5.91 Å². The van der Waals surface area contributed by atoms with Crippen LogP contribution in [0.15, 0.2) is 47.8 Å². The van der Waals surface area contributed by atoms with E-state index in [9.17, 15) is 14.0 Å². The molecule has 0 saturated carbocycles. The predicted molar refractivity (Wildman–Crippen MR) is 134 cm³/mol. The molecule has 0 atom stereocenters. The number of nitrogens with zero attached hydrogens (tertiary/aromatic N) is 3. The molecule has 0 aliphatic carbocycles. The lowest BCUT2D eigenvalue weighted by molar-refractivity contribution is -0.117. The van der Waals surface area contributed by atoms with Crippen molar-refractivity contribution in [2.24, 2.45) is 0 Å². The molecule has 2 aromatic heterocycles. The Morgan fingerprint density at radius 1 is 1.00 bits per heavy atom. The minimum atomic E-state index is -0.376. The zero-order valence-electron chi connectivity index (χ0n) is 19.7. The van der Waals surface area contributed by atoms with Crippen LogP contribution >= 0.6 is 11.3 Å². The van der Waals surface area contributed by atoms with Crippen LogP contribution in [0.3, 0.4) is 0 Å². The molecule has 1 N–H and O–H groups in total. The highest BCUT2D eigenvalue weighted by atomic mass is 32.1. The summed E-state index contributed by atoms with van der Waals surface area (Å²) in [4.78, 5) is 30.9. The second-order valence-corrected chi connectivity index (χ2v) is 9.83. The third kappa shape index (κ3) is 6.20. The summed E-state index contributed by atoms with van der Waals surface area (Å²) >= 11 is 1.76. The molecule has 6 nitrogen and oxygen atoms in total. The first-order chi connectivity index (χ1) is 16.4. The number of aromatic nitrogens is 1. The quantitative estimate of drug-likeness (QED) is 0.469. The molecule has 180 valence electrons. The molecule has 0 bridgehead atoms. The second kappa shape index (κ2) is 11.1. The van der Waals surface area contributed by atoms with Crippen LogP contribution < -0.4 is 5.32 Å². The SMILES string of the molecule is Cc1cc(C(=O)CN2CCN(CC(=O)Nc3cccc(F)c3)CC2)c(C)n1CCc1cccs1. The number of ketones is 1. The summed E-state index contributed by atoms with van der Waals surface area (Å²) in [5, 5.41) is 4.83. The highest BCUT2D eigenvalue weighted by Gasteiger charge is 2.23. The standard InChI is InChI=1S/C26H31FN4O2S/c1-19-15-24(20(2)31(19)9-8-23-7-4-14-34-23)25(32)17-29-10-12-30(13-11-29)18-26(33)28-22-6-3-5-21(27)16-22/h3-7,14-16H,8-13,17-18H2,1-2H3,(H,28,33). The molecular weight excluding hydrogens is 451 g/mol. The van der Waals surface area contributed by atoms with Gasteiger partial charge in [-0.25, -0.2) is 4.39 Å². The number of hydrogen-bond acceptors (Lipinski definition) is 5. The predicted octanol–water partition coefficient (Wildman–Crippen LogP) is 3.99. The van der Waals surface area contributed by atoms with E-state index in [4.69, 9.17) is 0 Å². The Bertz CT molecular complexity index is 1130. The molecule has 1 aliphatic rings. The maximum atomic E-state index is 13.3. The van der Waals surface area contributed by atoms with Crippen LogP contribution in [0.5, 0.6) is 0 Å². The van der Waals surface area contributed by atoms with Gasteiger partial charge in [0.15, 0.2) is 5.78 Å². The molecule has 0 spiro atoms. The number of carbonyl (C=O) groups is 2. The number of benzene rings is 1. The number of piperazine rings is 1. The summed E-state index contributed by atoms with van der Waals surface area (Å²) in [6, 6.07) is 12.1. The third-order valence-electron chi connectivity index (χ3n) is 6.34. The average molecular weight is 483 g/mol. The van der Waals surface area contributed by atoms with Gasteiger partial charge in [-0.05, 0) is 56.0 Å². The van der Waals surface area contributed by atoms with Crippen molar-refractivity contribution >= 4 is 28.7 Å². The average Bonchev–Trinajstić information content (AvgIpc) is 3.41. The normalized spacial score (nSPS) is 14.9. The zero-order chi connectivity index (χ0) is 24.1. The Balaban J connectivity index is 1.25. The van der Waals surface area contributed by atoms with Gasteiger partial charge in [0, 0.05) is 60.2 Å². The molecule has 1 saturated heterocycles. The molecule has 1 aliphatic heterocycles. The van der Waals surface area contributed by atoms with E-state index in [0.717, 1.165) is 43.0 Å². The smallest absolute Gasteiger partial charge is 0.238 e.